The van der Waals surface area contributed by atoms with E-state index in [-0.39, 0.29) is 12.2 Å². The molecule has 1 saturated heterocycles. The van der Waals surface area contributed by atoms with E-state index in [1.165, 1.54) is 13.2 Å². The fourth-order valence-electron chi connectivity index (χ4n) is 4.22. The largest absolute Gasteiger partial charge is 0.502 e. The summed E-state index contributed by atoms with van der Waals surface area (Å²) in [6.45, 7) is 3.05. The van der Waals surface area contributed by atoms with Gasteiger partial charge in [0.05, 0.1) is 46.3 Å². The minimum absolute atomic E-state index is 0.0477. The highest BCUT2D eigenvalue weighted by molar-refractivity contribution is 5.92. The number of esters is 1. The number of benzene rings is 2. The van der Waals surface area contributed by atoms with Gasteiger partial charge in [-0.25, -0.2) is 0 Å². The van der Waals surface area contributed by atoms with Crippen LogP contribution in [0.3, 0.4) is 0 Å². The van der Waals surface area contributed by atoms with E-state index in [4.69, 9.17) is 18.6 Å². The first-order valence-corrected chi connectivity index (χ1v) is 10.8. The third-order valence-corrected chi connectivity index (χ3v) is 5.91. The molecule has 0 amide bonds. The highest BCUT2D eigenvalue weighted by Crippen LogP contribution is 2.39. The first-order chi connectivity index (χ1) is 16.0. The lowest BCUT2D eigenvalue weighted by Crippen LogP contribution is -2.35. The summed E-state index contributed by atoms with van der Waals surface area (Å²) in [5.41, 5.74) is 0.172. The van der Waals surface area contributed by atoms with Gasteiger partial charge in [0, 0.05) is 24.5 Å². The van der Waals surface area contributed by atoms with Crippen LogP contribution in [0.15, 0.2) is 51.7 Å². The lowest BCUT2D eigenvalue weighted by atomic mass is 9.88. The van der Waals surface area contributed by atoms with Crippen molar-refractivity contribution in [3.05, 3.63) is 69.8 Å². The zero-order valence-corrected chi connectivity index (χ0v) is 18.7. The second-order valence-corrected chi connectivity index (χ2v) is 7.91. The molecule has 3 aromatic rings. The normalized spacial score (nSPS) is 15.3. The smallest absolute Gasteiger partial charge is 0.306 e. The summed E-state index contributed by atoms with van der Waals surface area (Å²) in [6.07, 6.45) is -0.107. The predicted octanol–water partition coefficient (Wildman–Crippen LogP) is 3.03. The summed E-state index contributed by atoms with van der Waals surface area (Å²) in [5.74, 6) is -0.576. The van der Waals surface area contributed by atoms with E-state index in [1.54, 1.807) is 13.2 Å². The van der Waals surface area contributed by atoms with Crippen LogP contribution in [-0.2, 0) is 20.8 Å². The van der Waals surface area contributed by atoms with Gasteiger partial charge in [-0.2, -0.15) is 0 Å². The molecule has 8 heteroatoms. The molecule has 33 heavy (non-hydrogen) atoms. The average Bonchev–Trinajstić information content (AvgIpc) is 2.84. The fourth-order valence-corrected chi connectivity index (χ4v) is 4.22. The molecule has 0 bridgehead atoms. The Hall–Kier alpha value is -3.36. The van der Waals surface area contributed by atoms with Crippen molar-refractivity contribution in [3.63, 3.8) is 0 Å². The number of methoxy groups -OCH3 is 2. The SMILES string of the molecule is COC(=O)C[C@@H](c1oc(CN2CCOCC2)cc(=O)c1O)c1ccc(OC)c2ccccc12. The van der Waals surface area contributed by atoms with Gasteiger partial charge in [-0.05, 0) is 17.0 Å². The summed E-state index contributed by atoms with van der Waals surface area (Å²) in [7, 11) is 2.89. The molecule has 0 saturated carbocycles. The molecule has 1 fully saturated rings. The van der Waals surface area contributed by atoms with Gasteiger partial charge in [0.1, 0.15) is 11.5 Å². The Kier molecular flexibility index (Phi) is 6.96. The molecule has 1 aliphatic rings. The van der Waals surface area contributed by atoms with Gasteiger partial charge in [-0.15, -0.1) is 0 Å². The van der Waals surface area contributed by atoms with Gasteiger partial charge in [0.15, 0.2) is 5.76 Å². The number of hydrogen-bond donors (Lipinski definition) is 1. The number of ether oxygens (including phenoxy) is 3. The van der Waals surface area contributed by atoms with Crippen LogP contribution in [0.2, 0.25) is 0 Å². The lowest BCUT2D eigenvalue weighted by Gasteiger charge is -2.26. The number of carbonyl (C=O) groups excluding carboxylic acids is 1. The Bertz CT molecular complexity index is 1200. The lowest BCUT2D eigenvalue weighted by molar-refractivity contribution is -0.140. The first kappa shape index (κ1) is 22.8. The Morgan fingerprint density at radius 2 is 1.85 bits per heavy atom. The highest BCUT2D eigenvalue weighted by atomic mass is 16.5. The summed E-state index contributed by atoms with van der Waals surface area (Å²) in [6, 6.07) is 12.5. The first-order valence-electron chi connectivity index (χ1n) is 10.8. The van der Waals surface area contributed by atoms with E-state index in [2.05, 4.69) is 4.90 Å². The van der Waals surface area contributed by atoms with Crippen LogP contribution in [0, 0.1) is 0 Å². The molecular formula is C25H27NO7. The van der Waals surface area contributed by atoms with Crippen molar-refractivity contribution in [1.29, 1.82) is 0 Å². The molecule has 0 aliphatic carbocycles. The number of hydrogen-bond acceptors (Lipinski definition) is 8. The number of carbonyl (C=O) groups is 1. The Balaban J connectivity index is 1.84. The maximum atomic E-state index is 12.7. The summed E-state index contributed by atoms with van der Waals surface area (Å²) >= 11 is 0. The quantitative estimate of drug-likeness (QED) is 0.545. The van der Waals surface area contributed by atoms with Crippen molar-refractivity contribution < 1.29 is 28.5 Å². The van der Waals surface area contributed by atoms with Crippen LogP contribution in [0.5, 0.6) is 11.5 Å². The number of fused-ring (bicyclic) bond motifs is 1. The molecule has 0 spiro atoms. The molecule has 8 nitrogen and oxygen atoms in total. The fraction of sp³-hybridized carbons (Fsp3) is 0.360. The molecule has 2 aromatic carbocycles. The van der Waals surface area contributed by atoms with Gasteiger partial charge in [-0.1, -0.05) is 30.3 Å². The van der Waals surface area contributed by atoms with E-state index < -0.39 is 23.1 Å². The van der Waals surface area contributed by atoms with Crippen LogP contribution in [0.25, 0.3) is 10.8 Å². The second-order valence-electron chi connectivity index (χ2n) is 7.91. The van der Waals surface area contributed by atoms with Gasteiger partial charge in [-0.3, -0.25) is 14.5 Å². The summed E-state index contributed by atoms with van der Waals surface area (Å²) in [4.78, 5) is 27.1. The Morgan fingerprint density at radius 3 is 2.55 bits per heavy atom. The van der Waals surface area contributed by atoms with Crippen LogP contribution in [0.4, 0.5) is 0 Å². The molecule has 1 aromatic heterocycles. The van der Waals surface area contributed by atoms with E-state index in [9.17, 15) is 14.7 Å². The van der Waals surface area contributed by atoms with Gasteiger partial charge in [0.25, 0.3) is 0 Å². The highest BCUT2D eigenvalue weighted by Gasteiger charge is 2.29. The molecule has 1 atom stereocenters. The zero-order valence-electron chi connectivity index (χ0n) is 18.7. The monoisotopic (exact) mass is 453 g/mol. The molecule has 4 rings (SSSR count). The molecule has 1 aliphatic heterocycles. The summed E-state index contributed by atoms with van der Waals surface area (Å²) in [5, 5.41) is 12.4. The zero-order chi connectivity index (χ0) is 23.4. The molecule has 0 radical (unpaired) electrons. The number of morpholine rings is 1. The second kappa shape index (κ2) is 10.1. The third-order valence-electron chi connectivity index (χ3n) is 5.91. The Morgan fingerprint density at radius 1 is 1.12 bits per heavy atom. The topological polar surface area (TPSA) is 98.4 Å². The van der Waals surface area contributed by atoms with Gasteiger partial charge in [0.2, 0.25) is 11.2 Å². The van der Waals surface area contributed by atoms with Crippen LogP contribution >= 0.6 is 0 Å². The number of nitrogens with zero attached hydrogens (tertiary/aromatic N) is 1. The van der Waals surface area contributed by atoms with Crippen LogP contribution in [0.1, 0.15) is 29.4 Å². The molecular weight excluding hydrogens is 426 g/mol. The standard InChI is InChI=1S/C25H27NO7/c1-30-22-8-7-18(17-5-3-4-6-19(17)22)20(14-23(28)31-2)25-24(29)21(27)13-16(33-25)15-26-9-11-32-12-10-26/h3-8,13,20,29H,9-12,14-15H2,1-2H3/t20-/m1/s1. The van der Waals surface area contributed by atoms with Crippen molar-refractivity contribution in [2.45, 2.75) is 18.9 Å². The third kappa shape index (κ3) is 4.86. The van der Waals surface area contributed by atoms with Crippen molar-refractivity contribution in [1.82, 2.24) is 4.90 Å². The van der Waals surface area contributed by atoms with Crippen molar-refractivity contribution in [3.8, 4) is 11.5 Å². The van der Waals surface area contributed by atoms with Crippen LogP contribution < -0.4 is 10.2 Å². The minimum Gasteiger partial charge on any atom is -0.502 e. The van der Waals surface area contributed by atoms with Crippen molar-refractivity contribution in [2.24, 2.45) is 0 Å². The van der Waals surface area contributed by atoms with E-state index >= 15 is 0 Å². The van der Waals surface area contributed by atoms with Gasteiger partial charge < -0.3 is 23.7 Å². The van der Waals surface area contributed by atoms with E-state index in [0.717, 1.165) is 16.3 Å². The van der Waals surface area contributed by atoms with Crippen molar-refractivity contribution >= 4 is 16.7 Å². The predicted molar refractivity (Wildman–Crippen MR) is 122 cm³/mol. The minimum atomic E-state index is -0.731. The van der Waals surface area contributed by atoms with Crippen LogP contribution in [-0.4, -0.2) is 56.5 Å². The maximum Gasteiger partial charge on any atom is 0.306 e. The van der Waals surface area contributed by atoms with Gasteiger partial charge >= 0.3 is 5.97 Å². The summed E-state index contributed by atoms with van der Waals surface area (Å²) < 4.78 is 21.9. The molecule has 1 N–H and O–H groups in total. The molecule has 0 unspecified atom stereocenters. The average molecular weight is 453 g/mol. The number of rotatable bonds is 7. The van der Waals surface area contributed by atoms with E-state index in [1.807, 2.05) is 30.3 Å². The van der Waals surface area contributed by atoms with E-state index in [0.29, 0.717) is 44.4 Å². The molecule has 174 valence electrons. The van der Waals surface area contributed by atoms with Crippen molar-refractivity contribution in [2.75, 3.05) is 40.5 Å². The number of aromatic hydroxyl groups is 1. The maximum absolute atomic E-state index is 12.7. The Labute approximate surface area is 191 Å². The molecule has 2 heterocycles.